The van der Waals surface area contributed by atoms with Crippen LogP contribution in [0.3, 0.4) is 0 Å². The quantitative estimate of drug-likeness (QED) is 0.660. The van der Waals surface area contributed by atoms with Gasteiger partial charge in [-0.2, -0.15) is 0 Å². The maximum atomic E-state index is 11.0. The zero-order valence-corrected chi connectivity index (χ0v) is 12.8. The minimum absolute atomic E-state index is 0.0534. The summed E-state index contributed by atoms with van der Waals surface area (Å²) in [6.45, 7) is 10.1. The van der Waals surface area contributed by atoms with Gasteiger partial charge >= 0.3 is 5.69 Å². The van der Waals surface area contributed by atoms with Crippen molar-refractivity contribution in [3.8, 4) is 5.75 Å². The highest BCUT2D eigenvalue weighted by Gasteiger charge is 2.33. The zero-order chi connectivity index (χ0) is 15.6. The first-order chi connectivity index (χ1) is 9.80. The van der Waals surface area contributed by atoms with Crippen molar-refractivity contribution in [1.29, 1.82) is 0 Å². The molecule has 21 heavy (non-hydrogen) atoms. The van der Waals surface area contributed by atoms with E-state index < -0.39 is 4.92 Å². The van der Waals surface area contributed by atoms with Gasteiger partial charge in [0.05, 0.1) is 4.92 Å². The first kappa shape index (κ1) is 15.7. The second-order valence-corrected chi connectivity index (χ2v) is 6.56. The first-order valence-corrected chi connectivity index (χ1v) is 7.23. The number of benzene rings is 1. The number of nitrogens with one attached hydrogen (secondary N) is 1. The number of phenolic OH excluding ortho intramolecular Hbond substituents is 1. The standard InChI is InChI=1S/C15H23N3O3/c1-15(2,3)14(17-8-6-16-7-9-17)11-4-5-13(19)12(10-11)18(20)21/h4-5,10,14,16,19H,6-9H2,1-3H3/t14-/m1/s1. The molecule has 1 aromatic carbocycles. The van der Waals surface area contributed by atoms with Crippen LogP contribution in [0.4, 0.5) is 5.69 Å². The Balaban J connectivity index is 2.41. The molecule has 1 fully saturated rings. The van der Waals surface area contributed by atoms with Gasteiger partial charge in [-0.15, -0.1) is 0 Å². The summed E-state index contributed by atoms with van der Waals surface area (Å²) < 4.78 is 0. The second kappa shape index (κ2) is 5.99. The lowest BCUT2D eigenvalue weighted by atomic mass is 9.80. The molecule has 116 valence electrons. The van der Waals surface area contributed by atoms with Gasteiger partial charge in [0.25, 0.3) is 0 Å². The van der Waals surface area contributed by atoms with E-state index in [0.29, 0.717) is 0 Å². The number of hydrogen-bond acceptors (Lipinski definition) is 5. The van der Waals surface area contributed by atoms with Crippen LogP contribution < -0.4 is 5.32 Å². The summed E-state index contributed by atoms with van der Waals surface area (Å²) in [7, 11) is 0. The molecule has 0 radical (unpaired) electrons. The van der Waals surface area contributed by atoms with Gasteiger partial charge in [0.15, 0.2) is 5.75 Å². The van der Waals surface area contributed by atoms with Crippen LogP contribution in [0.5, 0.6) is 5.75 Å². The predicted octanol–water partition coefficient (Wildman–Crippen LogP) is 2.29. The van der Waals surface area contributed by atoms with Gasteiger partial charge in [0.1, 0.15) is 0 Å². The van der Waals surface area contributed by atoms with Gasteiger partial charge < -0.3 is 10.4 Å². The smallest absolute Gasteiger partial charge is 0.311 e. The van der Waals surface area contributed by atoms with Crippen LogP contribution in [0.2, 0.25) is 0 Å². The van der Waals surface area contributed by atoms with Crippen LogP contribution >= 0.6 is 0 Å². The van der Waals surface area contributed by atoms with Crippen molar-refractivity contribution in [2.45, 2.75) is 26.8 Å². The minimum atomic E-state index is -0.531. The molecule has 0 saturated carbocycles. The summed E-state index contributed by atoms with van der Waals surface area (Å²) in [5.74, 6) is -0.281. The lowest BCUT2D eigenvalue weighted by Gasteiger charge is -2.42. The van der Waals surface area contributed by atoms with Gasteiger partial charge in [0, 0.05) is 38.3 Å². The van der Waals surface area contributed by atoms with E-state index in [4.69, 9.17) is 0 Å². The molecule has 0 spiro atoms. The zero-order valence-electron chi connectivity index (χ0n) is 12.8. The van der Waals surface area contributed by atoms with E-state index in [0.717, 1.165) is 31.7 Å². The van der Waals surface area contributed by atoms with Crippen molar-refractivity contribution >= 4 is 5.69 Å². The molecule has 2 N–H and O–H groups in total. The Labute approximate surface area is 124 Å². The maximum absolute atomic E-state index is 11.0. The fourth-order valence-electron chi connectivity index (χ4n) is 3.06. The Bertz CT molecular complexity index is 519. The Kier molecular flexibility index (Phi) is 4.49. The number of rotatable bonds is 3. The van der Waals surface area contributed by atoms with Crippen molar-refractivity contribution in [1.82, 2.24) is 10.2 Å². The molecule has 1 saturated heterocycles. The highest BCUT2D eigenvalue weighted by Crippen LogP contribution is 2.40. The van der Waals surface area contributed by atoms with Crippen LogP contribution in [0.1, 0.15) is 32.4 Å². The molecule has 0 unspecified atom stereocenters. The molecule has 1 atom stereocenters. The molecule has 1 aromatic rings. The van der Waals surface area contributed by atoms with Gasteiger partial charge in [-0.05, 0) is 17.0 Å². The summed E-state index contributed by atoms with van der Waals surface area (Å²) in [6.07, 6.45) is 0. The molecular weight excluding hydrogens is 270 g/mol. The highest BCUT2D eigenvalue weighted by molar-refractivity contribution is 5.48. The summed E-state index contributed by atoms with van der Waals surface area (Å²) in [6, 6.07) is 4.81. The van der Waals surface area contributed by atoms with Crippen molar-refractivity contribution in [2.24, 2.45) is 5.41 Å². The summed E-state index contributed by atoms with van der Waals surface area (Å²) in [5, 5.41) is 24.0. The monoisotopic (exact) mass is 293 g/mol. The van der Waals surface area contributed by atoms with Crippen LogP contribution in [0.25, 0.3) is 0 Å². The number of phenols is 1. The largest absolute Gasteiger partial charge is 0.502 e. The van der Waals surface area contributed by atoms with Gasteiger partial charge in [0.2, 0.25) is 0 Å². The van der Waals surface area contributed by atoms with Crippen molar-refractivity contribution in [2.75, 3.05) is 26.2 Å². The maximum Gasteiger partial charge on any atom is 0.311 e. The third kappa shape index (κ3) is 3.51. The average Bonchev–Trinajstić information content (AvgIpc) is 2.40. The van der Waals surface area contributed by atoms with E-state index in [1.807, 2.05) is 0 Å². The van der Waals surface area contributed by atoms with Crippen LogP contribution in [0.15, 0.2) is 18.2 Å². The van der Waals surface area contributed by atoms with E-state index >= 15 is 0 Å². The van der Waals surface area contributed by atoms with Gasteiger partial charge in [-0.1, -0.05) is 26.8 Å². The fraction of sp³-hybridized carbons (Fsp3) is 0.600. The Hall–Kier alpha value is -1.66. The molecule has 1 aliphatic rings. The molecule has 0 bridgehead atoms. The summed E-state index contributed by atoms with van der Waals surface area (Å²) >= 11 is 0. The average molecular weight is 293 g/mol. The first-order valence-electron chi connectivity index (χ1n) is 7.23. The normalized spacial score (nSPS) is 18.4. The molecule has 2 rings (SSSR count). The van der Waals surface area contributed by atoms with E-state index in [-0.39, 0.29) is 22.9 Å². The molecule has 0 aliphatic carbocycles. The van der Waals surface area contributed by atoms with Crippen molar-refractivity contribution in [3.63, 3.8) is 0 Å². The number of aromatic hydroxyl groups is 1. The van der Waals surface area contributed by atoms with Gasteiger partial charge in [-0.3, -0.25) is 15.0 Å². The van der Waals surface area contributed by atoms with E-state index in [1.54, 1.807) is 6.07 Å². The molecule has 0 aromatic heterocycles. The van der Waals surface area contributed by atoms with Gasteiger partial charge in [-0.25, -0.2) is 0 Å². The number of nitrogens with zero attached hydrogens (tertiary/aromatic N) is 2. The second-order valence-electron chi connectivity index (χ2n) is 6.56. The molecule has 1 aliphatic heterocycles. The van der Waals surface area contributed by atoms with E-state index in [1.165, 1.54) is 12.1 Å². The molecule has 1 heterocycles. The number of hydrogen-bond donors (Lipinski definition) is 2. The van der Waals surface area contributed by atoms with Crippen LogP contribution in [0, 0.1) is 15.5 Å². The SMILES string of the molecule is CC(C)(C)[C@@H](c1ccc(O)c([N+](=O)[O-])c1)N1CCNCC1. The predicted molar refractivity (Wildman–Crippen MR) is 81.4 cm³/mol. The summed E-state index contributed by atoms with van der Waals surface area (Å²) in [5.41, 5.74) is 0.605. The number of piperazine rings is 1. The Morgan fingerprint density at radius 1 is 1.33 bits per heavy atom. The molecule has 6 heteroatoms. The van der Waals surface area contributed by atoms with Crippen LogP contribution in [-0.2, 0) is 0 Å². The van der Waals surface area contributed by atoms with Crippen molar-refractivity contribution in [3.05, 3.63) is 33.9 Å². The minimum Gasteiger partial charge on any atom is -0.502 e. The number of nitro groups is 1. The third-order valence-electron chi connectivity index (χ3n) is 3.85. The third-order valence-corrected chi connectivity index (χ3v) is 3.85. The molecular formula is C15H23N3O3. The number of nitro benzene ring substituents is 1. The lowest BCUT2D eigenvalue weighted by Crippen LogP contribution is -2.48. The van der Waals surface area contributed by atoms with E-state index in [2.05, 4.69) is 31.0 Å². The molecule has 6 nitrogen and oxygen atoms in total. The Morgan fingerprint density at radius 3 is 2.48 bits per heavy atom. The van der Waals surface area contributed by atoms with Crippen LogP contribution in [-0.4, -0.2) is 41.1 Å². The molecule has 0 amide bonds. The topological polar surface area (TPSA) is 78.6 Å². The lowest BCUT2D eigenvalue weighted by molar-refractivity contribution is -0.386. The Morgan fingerprint density at radius 2 is 1.95 bits per heavy atom. The summed E-state index contributed by atoms with van der Waals surface area (Å²) in [4.78, 5) is 12.9. The highest BCUT2D eigenvalue weighted by atomic mass is 16.6. The van der Waals surface area contributed by atoms with Crippen molar-refractivity contribution < 1.29 is 10.0 Å². The fourth-order valence-corrected chi connectivity index (χ4v) is 3.06. The van der Waals surface area contributed by atoms with E-state index in [9.17, 15) is 15.2 Å².